The molecule has 2 atom stereocenters. The standard InChI is InChI=1S/C17H23N5O2/c1-23-17-15(18-5-6-19-17)9-20-14-4-7-24-16(14)13-8-21-22(11-13)10-12-2-3-12/h5-6,8,11-12,14,16,20H,2-4,7,9-10H2,1H3/t14-,16+/m0/s1. The lowest BCUT2D eigenvalue weighted by Gasteiger charge is -2.19. The third-order valence-electron chi connectivity index (χ3n) is 4.68. The first-order valence-electron chi connectivity index (χ1n) is 8.54. The van der Waals surface area contributed by atoms with E-state index >= 15 is 0 Å². The zero-order valence-corrected chi connectivity index (χ0v) is 13.9. The van der Waals surface area contributed by atoms with Crippen molar-refractivity contribution in [3.8, 4) is 5.88 Å². The largest absolute Gasteiger partial charge is 0.480 e. The maximum absolute atomic E-state index is 5.95. The summed E-state index contributed by atoms with van der Waals surface area (Å²) in [5.74, 6) is 1.39. The predicted octanol–water partition coefficient (Wildman–Crippen LogP) is 1.71. The van der Waals surface area contributed by atoms with Crippen LogP contribution in [-0.4, -0.2) is 39.5 Å². The van der Waals surface area contributed by atoms with Gasteiger partial charge in [-0.2, -0.15) is 5.10 Å². The average Bonchev–Trinajstić information content (AvgIpc) is 3.10. The van der Waals surface area contributed by atoms with E-state index in [1.807, 2.05) is 6.20 Å². The third-order valence-corrected chi connectivity index (χ3v) is 4.68. The van der Waals surface area contributed by atoms with E-state index in [2.05, 4.69) is 31.3 Å². The summed E-state index contributed by atoms with van der Waals surface area (Å²) in [5.41, 5.74) is 1.96. The molecule has 0 aromatic carbocycles. The Kier molecular flexibility index (Phi) is 4.44. The summed E-state index contributed by atoms with van der Waals surface area (Å²) in [7, 11) is 1.61. The highest BCUT2D eigenvalue weighted by Crippen LogP contribution is 2.32. The summed E-state index contributed by atoms with van der Waals surface area (Å²) in [5, 5.41) is 8.03. The van der Waals surface area contributed by atoms with Crippen LogP contribution < -0.4 is 10.1 Å². The first-order valence-corrected chi connectivity index (χ1v) is 8.54. The Morgan fingerprint density at radius 1 is 1.29 bits per heavy atom. The molecule has 7 heteroatoms. The molecule has 0 unspecified atom stereocenters. The van der Waals surface area contributed by atoms with Gasteiger partial charge < -0.3 is 14.8 Å². The molecular weight excluding hydrogens is 306 g/mol. The van der Waals surface area contributed by atoms with Gasteiger partial charge in [0, 0.05) is 49.9 Å². The number of ether oxygens (including phenoxy) is 2. The SMILES string of the molecule is COc1nccnc1CN[C@H]1CCO[C@@H]1c1cnn(CC2CC2)c1. The van der Waals surface area contributed by atoms with Crippen LogP contribution >= 0.6 is 0 Å². The second kappa shape index (κ2) is 6.86. The smallest absolute Gasteiger partial charge is 0.236 e. The highest BCUT2D eigenvalue weighted by Gasteiger charge is 2.31. The van der Waals surface area contributed by atoms with Gasteiger partial charge in [-0.25, -0.2) is 4.98 Å². The molecule has 1 aliphatic carbocycles. The van der Waals surface area contributed by atoms with Gasteiger partial charge in [0.25, 0.3) is 0 Å². The van der Waals surface area contributed by atoms with E-state index in [-0.39, 0.29) is 12.1 Å². The molecule has 2 fully saturated rings. The van der Waals surface area contributed by atoms with E-state index in [4.69, 9.17) is 9.47 Å². The molecule has 2 aromatic heterocycles. The normalized spacial score (nSPS) is 23.5. The van der Waals surface area contributed by atoms with Crippen molar-refractivity contribution in [1.29, 1.82) is 0 Å². The molecule has 4 rings (SSSR count). The van der Waals surface area contributed by atoms with E-state index in [0.29, 0.717) is 12.4 Å². The maximum Gasteiger partial charge on any atom is 0.236 e. The third kappa shape index (κ3) is 3.42. The van der Waals surface area contributed by atoms with Gasteiger partial charge in [0.15, 0.2) is 0 Å². The molecule has 2 aromatic rings. The molecule has 1 N–H and O–H groups in total. The van der Waals surface area contributed by atoms with Crippen molar-refractivity contribution >= 4 is 0 Å². The molecule has 1 aliphatic heterocycles. The molecule has 128 valence electrons. The minimum absolute atomic E-state index is 0.0422. The van der Waals surface area contributed by atoms with Gasteiger partial charge in [0.1, 0.15) is 11.8 Å². The van der Waals surface area contributed by atoms with Crippen LogP contribution in [-0.2, 0) is 17.8 Å². The summed E-state index contributed by atoms with van der Waals surface area (Å²) in [6.07, 6.45) is 11.1. The topological polar surface area (TPSA) is 74.1 Å². The van der Waals surface area contributed by atoms with Gasteiger partial charge in [0.2, 0.25) is 5.88 Å². The number of rotatable bonds is 7. The van der Waals surface area contributed by atoms with Gasteiger partial charge in [-0.15, -0.1) is 0 Å². The number of methoxy groups -OCH3 is 1. The highest BCUT2D eigenvalue weighted by molar-refractivity contribution is 5.18. The Balaban J connectivity index is 1.40. The van der Waals surface area contributed by atoms with Crippen molar-refractivity contribution < 1.29 is 9.47 Å². The van der Waals surface area contributed by atoms with Crippen LogP contribution in [0.2, 0.25) is 0 Å². The summed E-state index contributed by atoms with van der Waals surface area (Å²) < 4.78 is 13.3. The Morgan fingerprint density at radius 2 is 2.17 bits per heavy atom. The van der Waals surface area contributed by atoms with Crippen LogP contribution in [0.1, 0.15) is 36.6 Å². The molecule has 0 amide bonds. The maximum atomic E-state index is 5.95. The second-order valence-electron chi connectivity index (χ2n) is 6.52. The van der Waals surface area contributed by atoms with Gasteiger partial charge in [0.05, 0.1) is 13.3 Å². The van der Waals surface area contributed by atoms with Gasteiger partial charge in [-0.1, -0.05) is 0 Å². The fourth-order valence-corrected chi connectivity index (χ4v) is 3.19. The van der Waals surface area contributed by atoms with Crippen molar-refractivity contribution in [2.75, 3.05) is 13.7 Å². The lowest BCUT2D eigenvalue weighted by Crippen LogP contribution is -2.31. The summed E-state index contributed by atoms with van der Waals surface area (Å²) in [6, 6.07) is 0.246. The number of hydrogen-bond donors (Lipinski definition) is 1. The number of nitrogens with zero attached hydrogens (tertiary/aromatic N) is 4. The van der Waals surface area contributed by atoms with E-state index in [1.165, 1.54) is 12.8 Å². The second-order valence-corrected chi connectivity index (χ2v) is 6.52. The quantitative estimate of drug-likeness (QED) is 0.833. The van der Waals surface area contributed by atoms with Crippen LogP contribution in [0.15, 0.2) is 24.8 Å². The molecule has 7 nitrogen and oxygen atoms in total. The first-order chi connectivity index (χ1) is 11.8. The monoisotopic (exact) mass is 329 g/mol. The Hall–Kier alpha value is -1.99. The van der Waals surface area contributed by atoms with Crippen molar-refractivity contribution in [1.82, 2.24) is 25.1 Å². The Labute approximate surface area is 141 Å². The van der Waals surface area contributed by atoms with Crippen LogP contribution in [0.4, 0.5) is 0 Å². The summed E-state index contributed by atoms with van der Waals surface area (Å²) in [6.45, 7) is 2.40. The van der Waals surface area contributed by atoms with Crippen LogP contribution in [0.5, 0.6) is 5.88 Å². The van der Waals surface area contributed by atoms with Crippen LogP contribution in [0.3, 0.4) is 0 Å². The fourth-order valence-electron chi connectivity index (χ4n) is 3.19. The minimum Gasteiger partial charge on any atom is -0.480 e. The van der Waals surface area contributed by atoms with Crippen molar-refractivity contribution in [2.24, 2.45) is 5.92 Å². The van der Waals surface area contributed by atoms with E-state index < -0.39 is 0 Å². The fraction of sp³-hybridized carbons (Fsp3) is 0.588. The minimum atomic E-state index is 0.0422. The summed E-state index contributed by atoms with van der Waals surface area (Å²) >= 11 is 0. The highest BCUT2D eigenvalue weighted by atomic mass is 16.5. The Morgan fingerprint density at radius 3 is 3.00 bits per heavy atom. The predicted molar refractivity (Wildman–Crippen MR) is 87.5 cm³/mol. The summed E-state index contributed by atoms with van der Waals surface area (Å²) in [4.78, 5) is 8.53. The lowest BCUT2D eigenvalue weighted by molar-refractivity contribution is 0.0982. The van der Waals surface area contributed by atoms with Crippen molar-refractivity contribution in [3.05, 3.63) is 36.0 Å². The zero-order valence-electron chi connectivity index (χ0n) is 13.9. The van der Waals surface area contributed by atoms with E-state index in [1.54, 1.807) is 19.5 Å². The molecule has 3 heterocycles. The number of aromatic nitrogens is 4. The van der Waals surface area contributed by atoms with E-state index in [0.717, 1.165) is 36.7 Å². The molecule has 0 bridgehead atoms. The molecule has 2 aliphatic rings. The van der Waals surface area contributed by atoms with E-state index in [9.17, 15) is 0 Å². The number of nitrogens with one attached hydrogen (secondary N) is 1. The van der Waals surface area contributed by atoms with Crippen molar-refractivity contribution in [3.63, 3.8) is 0 Å². The molecular formula is C17H23N5O2. The Bertz CT molecular complexity index is 685. The molecule has 0 radical (unpaired) electrons. The van der Waals surface area contributed by atoms with Gasteiger partial charge in [-0.3, -0.25) is 9.67 Å². The zero-order chi connectivity index (χ0) is 16.4. The average molecular weight is 329 g/mol. The first kappa shape index (κ1) is 15.5. The molecule has 24 heavy (non-hydrogen) atoms. The molecule has 0 spiro atoms. The van der Waals surface area contributed by atoms with Crippen LogP contribution in [0, 0.1) is 5.92 Å². The van der Waals surface area contributed by atoms with Gasteiger partial charge in [-0.05, 0) is 25.2 Å². The van der Waals surface area contributed by atoms with Crippen molar-refractivity contribution in [2.45, 2.75) is 44.5 Å². The number of hydrogen-bond acceptors (Lipinski definition) is 6. The molecule has 1 saturated carbocycles. The lowest BCUT2D eigenvalue weighted by atomic mass is 10.1. The van der Waals surface area contributed by atoms with Crippen LogP contribution in [0.25, 0.3) is 0 Å². The molecule has 1 saturated heterocycles. The van der Waals surface area contributed by atoms with Gasteiger partial charge >= 0.3 is 0 Å².